The number of benzene rings is 1. The third kappa shape index (κ3) is 3.08. The lowest BCUT2D eigenvalue weighted by Crippen LogP contribution is -2.49. The molecule has 2 unspecified atom stereocenters. The molecule has 1 aromatic rings. The van der Waals surface area contributed by atoms with Gasteiger partial charge >= 0.3 is 0 Å². The average Bonchev–Trinajstić information content (AvgIpc) is 2.79. The first-order chi connectivity index (χ1) is 9.39. The van der Waals surface area contributed by atoms with Crippen LogP contribution in [0.4, 0.5) is 0 Å². The smallest absolute Gasteiger partial charge is 0.224 e. The summed E-state index contributed by atoms with van der Waals surface area (Å²) in [7, 11) is 0. The third-order valence-corrected chi connectivity index (χ3v) is 5.77. The van der Waals surface area contributed by atoms with E-state index in [0.29, 0.717) is 5.33 Å². The van der Waals surface area contributed by atoms with Crippen LogP contribution in [0.5, 0.6) is 0 Å². The van der Waals surface area contributed by atoms with Crippen LogP contribution in [0.2, 0.25) is 0 Å². The lowest BCUT2D eigenvalue weighted by atomic mass is 9.80. The van der Waals surface area contributed by atoms with Gasteiger partial charge in [0.25, 0.3) is 0 Å². The van der Waals surface area contributed by atoms with E-state index >= 15 is 0 Å². The molecule has 0 saturated heterocycles. The van der Waals surface area contributed by atoms with Gasteiger partial charge < -0.3 is 5.32 Å². The summed E-state index contributed by atoms with van der Waals surface area (Å²) >= 11 is 3.56. The van der Waals surface area contributed by atoms with Gasteiger partial charge in [0.05, 0.1) is 5.54 Å². The fraction of sp³-hybridized carbons (Fsp3) is 0.588. The molecule has 1 aromatic carbocycles. The van der Waals surface area contributed by atoms with Gasteiger partial charge in [-0.15, -0.1) is 0 Å². The average molecular weight is 338 g/mol. The summed E-state index contributed by atoms with van der Waals surface area (Å²) in [5.74, 6) is 0.322. The monoisotopic (exact) mass is 337 g/mol. The van der Waals surface area contributed by atoms with Crippen molar-refractivity contribution in [1.29, 1.82) is 0 Å². The van der Waals surface area contributed by atoms with E-state index in [1.807, 2.05) is 18.2 Å². The van der Waals surface area contributed by atoms with Crippen LogP contribution in [0.15, 0.2) is 30.3 Å². The minimum absolute atomic E-state index is 0.119. The normalized spacial score (nSPS) is 24.1. The van der Waals surface area contributed by atoms with Crippen molar-refractivity contribution in [3.8, 4) is 0 Å². The number of alkyl halides is 1. The van der Waals surface area contributed by atoms with Crippen LogP contribution >= 0.6 is 15.9 Å². The van der Waals surface area contributed by atoms with Gasteiger partial charge in [0, 0.05) is 11.2 Å². The molecule has 1 aliphatic carbocycles. The second-order valence-electron chi connectivity index (χ2n) is 6.75. The molecule has 0 spiro atoms. The highest BCUT2D eigenvalue weighted by molar-refractivity contribution is 9.09. The van der Waals surface area contributed by atoms with E-state index < -0.39 is 0 Å². The molecule has 2 rings (SSSR count). The minimum Gasteiger partial charge on any atom is -0.346 e. The fourth-order valence-corrected chi connectivity index (χ4v) is 3.62. The zero-order valence-corrected chi connectivity index (χ0v) is 14.2. The van der Waals surface area contributed by atoms with Gasteiger partial charge in [-0.3, -0.25) is 4.79 Å². The second-order valence-corrected chi connectivity index (χ2v) is 7.32. The Balaban J connectivity index is 2.16. The molecule has 0 aromatic heterocycles. The number of halogens is 1. The Morgan fingerprint density at radius 2 is 2.05 bits per heavy atom. The van der Waals surface area contributed by atoms with E-state index in [0.717, 1.165) is 24.8 Å². The molecule has 2 nitrogen and oxygen atoms in total. The Labute approximate surface area is 130 Å². The Morgan fingerprint density at radius 3 is 2.55 bits per heavy atom. The molecule has 20 heavy (non-hydrogen) atoms. The van der Waals surface area contributed by atoms with Gasteiger partial charge in [0.2, 0.25) is 5.91 Å². The molecule has 0 radical (unpaired) electrons. The summed E-state index contributed by atoms with van der Waals surface area (Å²) in [5, 5.41) is 3.98. The van der Waals surface area contributed by atoms with Crippen molar-refractivity contribution < 1.29 is 4.79 Å². The summed E-state index contributed by atoms with van der Waals surface area (Å²) in [6.07, 6.45) is 3.30. The maximum Gasteiger partial charge on any atom is 0.224 e. The fourth-order valence-electron chi connectivity index (χ4n) is 3.16. The highest BCUT2D eigenvalue weighted by Gasteiger charge is 2.41. The maximum absolute atomic E-state index is 12.7. The second kappa shape index (κ2) is 5.88. The number of hydrogen-bond acceptors (Lipinski definition) is 1. The number of carbonyl (C=O) groups excluding carboxylic acids is 1. The van der Waals surface area contributed by atoms with E-state index in [1.54, 1.807) is 0 Å². The Hall–Kier alpha value is -0.830. The summed E-state index contributed by atoms with van der Waals surface area (Å²) in [5.41, 5.74) is 0.909. The quantitative estimate of drug-likeness (QED) is 0.818. The van der Waals surface area contributed by atoms with E-state index in [1.165, 1.54) is 0 Å². The molecule has 1 fully saturated rings. The molecule has 0 heterocycles. The number of hydrogen-bond donors (Lipinski definition) is 1. The lowest BCUT2D eigenvalue weighted by Gasteiger charge is -2.34. The molecule has 2 atom stereocenters. The largest absolute Gasteiger partial charge is 0.346 e. The van der Waals surface area contributed by atoms with Gasteiger partial charge in [0.15, 0.2) is 0 Å². The molecule has 0 bridgehead atoms. The minimum atomic E-state index is -0.350. The Kier molecular flexibility index (Phi) is 4.58. The predicted molar refractivity (Wildman–Crippen MR) is 86.9 cm³/mol. The van der Waals surface area contributed by atoms with E-state index in [4.69, 9.17) is 0 Å². The van der Waals surface area contributed by atoms with Crippen molar-refractivity contribution in [3.63, 3.8) is 0 Å². The zero-order chi connectivity index (χ0) is 14.8. The van der Waals surface area contributed by atoms with Crippen LogP contribution in [0.3, 0.4) is 0 Å². The van der Waals surface area contributed by atoms with Gasteiger partial charge in [0.1, 0.15) is 0 Å². The Morgan fingerprint density at radius 1 is 1.40 bits per heavy atom. The first-order valence-electron chi connectivity index (χ1n) is 7.32. The van der Waals surface area contributed by atoms with Gasteiger partial charge in [-0.1, -0.05) is 66.5 Å². The number of amides is 1. The van der Waals surface area contributed by atoms with Gasteiger partial charge in [-0.05, 0) is 30.7 Å². The molecular formula is C17H24BrNO. The molecule has 1 saturated carbocycles. The van der Waals surface area contributed by atoms with Crippen molar-refractivity contribution in [2.24, 2.45) is 11.3 Å². The number of rotatable bonds is 4. The topological polar surface area (TPSA) is 29.1 Å². The van der Waals surface area contributed by atoms with E-state index in [-0.39, 0.29) is 22.8 Å². The van der Waals surface area contributed by atoms with Crippen molar-refractivity contribution in [2.75, 3.05) is 5.33 Å². The zero-order valence-electron chi connectivity index (χ0n) is 12.6. The van der Waals surface area contributed by atoms with Crippen molar-refractivity contribution in [3.05, 3.63) is 35.9 Å². The van der Waals surface area contributed by atoms with Crippen molar-refractivity contribution in [2.45, 2.75) is 45.6 Å². The highest BCUT2D eigenvalue weighted by Crippen LogP contribution is 2.43. The third-order valence-electron chi connectivity index (χ3n) is 4.65. The predicted octanol–water partition coefficient (Wildman–Crippen LogP) is 4.24. The first-order valence-corrected chi connectivity index (χ1v) is 8.45. The van der Waals surface area contributed by atoms with Crippen LogP contribution in [-0.4, -0.2) is 11.2 Å². The van der Waals surface area contributed by atoms with Crippen LogP contribution < -0.4 is 5.32 Å². The molecular weight excluding hydrogens is 314 g/mol. The van der Waals surface area contributed by atoms with E-state index in [2.05, 4.69) is 54.2 Å². The SMILES string of the molecule is CC(CBr)(NC(=O)C1CCCC1(C)C)c1ccccc1. The highest BCUT2D eigenvalue weighted by atomic mass is 79.9. The molecule has 1 N–H and O–H groups in total. The van der Waals surface area contributed by atoms with Crippen molar-refractivity contribution in [1.82, 2.24) is 5.32 Å². The maximum atomic E-state index is 12.7. The summed E-state index contributed by atoms with van der Waals surface area (Å²) in [6, 6.07) is 10.2. The summed E-state index contributed by atoms with van der Waals surface area (Å²) in [6.45, 7) is 6.49. The van der Waals surface area contributed by atoms with Gasteiger partial charge in [-0.2, -0.15) is 0 Å². The standard InChI is InChI=1S/C17H24BrNO/c1-16(2)11-7-10-14(16)15(20)19-17(3,12-18)13-8-5-4-6-9-13/h4-6,8-9,14H,7,10-12H2,1-3H3,(H,19,20). The molecule has 1 amide bonds. The van der Waals surface area contributed by atoms with Gasteiger partial charge in [-0.25, -0.2) is 0 Å². The van der Waals surface area contributed by atoms with Crippen LogP contribution in [0, 0.1) is 11.3 Å². The first kappa shape index (κ1) is 15.6. The Bertz CT molecular complexity index is 471. The van der Waals surface area contributed by atoms with Crippen LogP contribution in [0.1, 0.15) is 45.6 Å². The molecule has 1 aliphatic rings. The molecule has 0 aliphatic heterocycles. The van der Waals surface area contributed by atoms with Crippen molar-refractivity contribution >= 4 is 21.8 Å². The van der Waals surface area contributed by atoms with Crippen LogP contribution in [-0.2, 0) is 10.3 Å². The van der Waals surface area contributed by atoms with E-state index in [9.17, 15) is 4.79 Å². The van der Waals surface area contributed by atoms with Crippen LogP contribution in [0.25, 0.3) is 0 Å². The molecule has 110 valence electrons. The lowest BCUT2D eigenvalue weighted by molar-refractivity contribution is -0.129. The summed E-state index contributed by atoms with van der Waals surface area (Å²) in [4.78, 5) is 12.7. The number of carbonyl (C=O) groups is 1. The summed E-state index contributed by atoms with van der Waals surface area (Å²) < 4.78 is 0. The number of nitrogens with one attached hydrogen (secondary N) is 1. The molecule has 3 heteroatoms.